The van der Waals surface area contributed by atoms with Gasteiger partial charge in [0.05, 0.1) is 6.61 Å². The molecule has 162 valence electrons. The van der Waals surface area contributed by atoms with E-state index >= 15 is 0 Å². The lowest BCUT2D eigenvalue weighted by atomic mass is 9.71. The summed E-state index contributed by atoms with van der Waals surface area (Å²) in [5.74, 6) is -0.0728. The zero-order valence-corrected chi connectivity index (χ0v) is 21.3. The molecule has 4 heteroatoms. The van der Waals surface area contributed by atoms with E-state index in [9.17, 15) is 4.79 Å². The monoisotopic (exact) mass is 534 g/mol. The van der Waals surface area contributed by atoms with Crippen molar-refractivity contribution in [2.45, 2.75) is 77.0 Å². The quantitative estimate of drug-likeness (QED) is 0.213. The van der Waals surface area contributed by atoms with Gasteiger partial charge in [-0.3, -0.25) is 4.79 Å². The van der Waals surface area contributed by atoms with Crippen LogP contribution in [0.4, 0.5) is 0 Å². The molecule has 0 saturated carbocycles. The first kappa shape index (κ1) is 23.5. The number of hydrogen-bond donors (Lipinski definition) is 0. The fourth-order valence-corrected chi connectivity index (χ4v) is 5.40. The maximum Gasteiger partial charge on any atom is 0.305 e. The molecule has 0 heterocycles. The lowest BCUT2D eigenvalue weighted by Crippen LogP contribution is -2.27. The second kappa shape index (κ2) is 10.9. The lowest BCUT2D eigenvalue weighted by molar-refractivity contribution is -0.144. The maximum atomic E-state index is 12.5. The van der Waals surface area contributed by atoms with Gasteiger partial charge in [-0.1, -0.05) is 89.9 Å². The predicted octanol–water partition coefficient (Wildman–Crippen LogP) is 8.57. The van der Waals surface area contributed by atoms with Crippen molar-refractivity contribution in [1.82, 2.24) is 0 Å². The second-order valence-corrected chi connectivity index (χ2v) is 10.2. The second-order valence-electron chi connectivity index (χ2n) is 8.35. The Balaban J connectivity index is 1.96. The van der Waals surface area contributed by atoms with Crippen LogP contribution in [-0.4, -0.2) is 12.6 Å². The Morgan fingerprint density at radius 2 is 1.43 bits per heavy atom. The first-order chi connectivity index (χ1) is 14.5. The summed E-state index contributed by atoms with van der Waals surface area (Å²) in [5, 5.41) is 0. The fraction of sp³-hybridized carbons (Fsp3) is 0.500. The van der Waals surface area contributed by atoms with Crippen molar-refractivity contribution in [2.75, 3.05) is 6.61 Å². The van der Waals surface area contributed by atoms with Gasteiger partial charge in [-0.15, -0.1) is 0 Å². The van der Waals surface area contributed by atoms with E-state index in [1.807, 2.05) is 0 Å². The highest BCUT2D eigenvalue weighted by molar-refractivity contribution is 9.10. The van der Waals surface area contributed by atoms with Crippen LogP contribution in [0.5, 0.6) is 0 Å². The number of ether oxygens (including phenoxy) is 1. The van der Waals surface area contributed by atoms with Crippen LogP contribution in [0, 0.1) is 0 Å². The van der Waals surface area contributed by atoms with Crippen molar-refractivity contribution >= 4 is 37.8 Å². The van der Waals surface area contributed by atoms with Gasteiger partial charge >= 0.3 is 5.97 Å². The molecule has 0 N–H and O–H groups in total. The molecule has 2 aromatic carbocycles. The summed E-state index contributed by atoms with van der Waals surface area (Å²) in [6.45, 7) is 4.89. The minimum Gasteiger partial charge on any atom is -0.466 e. The van der Waals surface area contributed by atoms with Crippen LogP contribution in [0.1, 0.15) is 82.8 Å². The summed E-state index contributed by atoms with van der Waals surface area (Å²) in [6.07, 6.45) is 9.14. The molecule has 1 aliphatic rings. The number of hydrogen-bond acceptors (Lipinski definition) is 2. The minimum atomic E-state index is -0.143. The molecule has 0 fully saturated rings. The molecular formula is C26H32Br2O2. The first-order valence-electron chi connectivity index (χ1n) is 11.3. The SMILES string of the molecule is CCCCCCC1(CCC(=O)OCCCC)c2cc(Br)ccc2-c2ccc(Br)cc21. The number of fused-ring (bicyclic) bond motifs is 3. The van der Waals surface area contributed by atoms with Crippen LogP contribution in [-0.2, 0) is 14.9 Å². The molecule has 0 amide bonds. The molecule has 0 aromatic heterocycles. The molecule has 3 rings (SSSR count). The largest absolute Gasteiger partial charge is 0.466 e. The molecule has 2 nitrogen and oxygen atoms in total. The molecule has 2 aromatic rings. The molecule has 0 radical (unpaired) electrons. The Hall–Kier alpha value is -1.13. The van der Waals surface area contributed by atoms with E-state index in [0.29, 0.717) is 13.0 Å². The topological polar surface area (TPSA) is 26.3 Å². The van der Waals surface area contributed by atoms with Crippen LogP contribution >= 0.6 is 31.9 Å². The summed E-state index contributed by atoms with van der Waals surface area (Å²) in [7, 11) is 0. The highest BCUT2D eigenvalue weighted by atomic mass is 79.9. The van der Waals surface area contributed by atoms with E-state index in [-0.39, 0.29) is 11.4 Å². The number of esters is 1. The molecule has 0 spiro atoms. The Labute approximate surface area is 198 Å². The van der Waals surface area contributed by atoms with Gasteiger partial charge in [-0.25, -0.2) is 0 Å². The average molecular weight is 536 g/mol. The summed E-state index contributed by atoms with van der Waals surface area (Å²) in [6, 6.07) is 13.2. The molecule has 30 heavy (non-hydrogen) atoms. The Kier molecular flexibility index (Phi) is 8.59. The fourth-order valence-electron chi connectivity index (χ4n) is 4.67. The summed E-state index contributed by atoms with van der Waals surface area (Å²) < 4.78 is 7.68. The number of halogens is 2. The molecule has 0 bridgehead atoms. The van der Waals surface area contributed by atoms with Gasteiger partial charge in [0.15, 0.2) is 0 Å². The highest BCUT2D eigenvalue weighted by Crippen LogP contribution is 2.55. The van der Waals surface area contributed by atoms with Crippen LogP contribution in [0.25, 0.3) is 11.1 Å². The third-order valence-electron chi connectivity index (χ3n) is 6.26. The third kappa shape index (κ3) is 5.19. The van der Waals surface area contributed by atoms with Gasteiger partial charge in [0.25, 0.3) is 0 Å². The number of unbranched alkanes of at least 4 members (excludes halogenated alkanes) is 4. The zero-order chi connectivity index (χ0) is 21.6. The van der Waals surface area contributed by atoms with Crippen LogP contribution < -0.4 is 0 Å². The smallest absolute Gasteiger partial charge is 0.305 e. The molecular weight excluding hydrogens is 504 g/mol. The van der Waals surface area contributed by atoms with Gasteiger partial charge < -0.3 is 4.74 Å². The van der Waals surface area contributed by atoms with Gasteiger partial charge in [-0.05, 0) is 65.8 Å². The molecule has 1 aliphatic carbocycles. The van der Waals surface area contributed by atoms with Gasteiger partial charge in [0, 0.05) is 20.8 Å². The van der Waals surface area contributed by atoms with Crippen molar-refractivity contribution in [3.63, 3.8) is 0 Å². The first-order valence-corrected chi connectivity index (χ1v) is 12.9. The number of carbonyl (C=O) groups is 1. The average Bonchev–Trinajstić information content (AvgIpc) is 2.99. The van der Waals surface area contributed by atoms with E-state index in [1.54, 1.807) is 0 Å². The van der Waals surface area contributed by atoms with E-state index in [2.05, 4.69) is 82.1 Å². The summed E-state index contributed by atoms with van der Waals surface area (Å²) in [4.78, 5) is 12.5. The van der Waals surface area contributed by atoms with Gasteiger partial charge in [0.2, 0.25) is 0 Å². The maximum absolute atomic E-state index is 12.5. The standard InChI is InChI=1S/C26H32Br2O2/c1-3-5-7-8-14-26(15-13-25(29)30-16-6-4-2)23-17-19(27)9-11-21(23)22-12-10-20(28)18-24(22)26/h9-12,17-18H,3-8,13-16H2,1-2H3. The van der Waals surface area contributed by atoms with Crippen LogP contribution in [0.2, 0.25) is 0 Å². The molecule has 0 atom stereocenters. The van der Waals surface area contributed by atoms with Gasteiger partial charge in [0.1, 0.15) is 0 Å². The van der Waals surface area contributed by atoms with Crippen molar-refractivity contribution in [1.29, 1.82) is 0 Å². The summed E-state index contributed by atoms with van der Waals surface area (Å²) >= 11 is 7.38. The lowest BCUT2D eigenvalue weighted by Gasteiger charge is -2.32. The molecule has 0 unspecified atom stereocenters. The minimum absolute atomic E-state index is 0.0728. The number of carbonyl (C=O) groups excluding carboxylic acids is 1. The zero-order valence-electron chi connectivity index (χ0n) is 18.1. The molecule has 0 saturated heterocycles. The normalized spacial score (nSPS) is 13.7. The number of benzene rings is 2. The Morgan fingerprint density at radius 3 is 2.00 bits per heavy atom. The van der Waals surface area contributed by atoms with E-state index in [0.717, 1.165) is 41.0 Å². The van der Waals surface area contributed by atoms with Crippen LogP contribution in [0.15, 0.2) is 45.3 Å². The van der Waals surface area contributed by atoms with Crippen molar-refractivity contribution in [2.24, 2.45) is 0 Å². The van der Waals surface area contributed by atoms with Crippen molar-refractivity contribution in [3.05, 3.63) is 56.5 Å². The van der Waals surface area contributed by atoms with E-state index in [4.69, 9.17) is 4.74 Å². The third-order valence-corrected chi connectivity index (χ3v) is 7.24. The Morgan fingerprint density at radius 1 is 0.833 bits per heavy atom. The number of rotatable bonds is 11. The van der Waals surface area contributed by atoms with Gasteiger partial charge in [-0.2, -0.15) is 0 Å². The summed E-state index contributed by atoms with van der Waals surface area (Å²) in [5.41, 5.74) is 5.16. The van der Waals surface area contributed by atoms with E-state index < -0.39 is 0 Å². The van der Waals surface area contributed by atoms with Crippen LogP contribution in [0.3, 0.4) is 0 Å². The predicted molar refractivity (Wildman–Crippen MR) is 132 cm³/mol. The van der Waals surface area contributed by atoms with Crippen molar-refractivity contribution < 1.29 is 9.53 Å². The highest BCUT2D eigenvalue weighted by Gasteiger charge is 2.43. The van der Waals surface area contributed by atoms with Crippen molar-refractivity contribution in [3.8, 4) is 11.1 Å². The Bertz CT molecular complexity index is 824. The molecule has 0 aliphatic heterocycles. The van der Waals surface area contributed by atoms with E-state index in [1.165, 1.54) is 41.5 Å².